The average molecular weight is 222 g/mol. The third kappa shape index (κ3) is 2.62. The number of nitrogens with zero attached hydrogens (tertiary/aromatic N) is 1. The molecule has 1 heterocycles. The van der Waals surface area contributed by atoms with Crippen molar-refractivity contribution in [2.45, 2.75) is 19.3 Å². The molecular formula is C9H10ClF2NO. The molecule has 0 spiro atoms. The minimum Gasteiger partial charge on any atom is -0.396 e. The van der Waals surface area contributed by atoms with E-state index in [-0.39, 0.29) is 10.7 Å². The van der Waals surface area contributed by atoms with Crippen LogP contribution in [0.3, 0.4) is 0 Å². The van der Waals surface area contributed by atoms with E-state index in [1.807, 2.05) is 0 Å². The summed E-state index contributed by atoms with van der Waals surface area (Å²) in [7, 11) is 0. The van der Waals surface area contributed by atoms with E-state index in [0.717, 1.165) is 6.07 Å². The second kappa shape index (κ2) is 4.19. The van der Waals surface area contributed by atoms with Crippen LogP contribution in [-0.4, -0.2) is 16.7 Å². The lowest BCUT2D eigenvalue weighted by Gasteiger charge is -2.15. The molecule has 1 rings (SSSR count). The first-order valence-electron chi connectivity index (χ1n) is 4.09. The van der Waals surface area contributed by atoms with Crippen LogP contribution >= 0.6 is 11.6 Å². The van der Waals surface area contributed by atoms with Gasteiger partial charge in [0.1, 0.15) is 5.15 Å². The predicted octanol–water partition coefficient (Wildman–Crippen LogP) is 2.52. The standard InChI is InChI=1S/C9H10ClF2NO/c1-6-4-7(5-8(10)13-6)9(11,12)2-3-14/h4-5,14H,2-3H2,1H3. The molecule has 1 N–H and O–H groups in total. The number of aromatic nitrogens is 1. The molecule has 0 radical (unpaired) electrons. The highest BCUT2D eigenvalue weighted by Crippen LogP contribution is 2.32. The maximum absolute atomic E-state index is 13.3. The first kappa shape index (κ1) is 11.3. The number of halogens is 3. The fourth-order valence-corrected chi connectivity index (χ4v) is 1.37. The summed E-state index contributed by atoms with van der Waals surface area (Å²) in [6.07, 6.45) is -0.604. The molecule has 1 aromatic heterocycles. The highest BCUT2D eigenvalue weighted by atomic mass is 35.5. The number of hydrogen-bond donors (Lipinski definition) is 1. The van der Waals surface area contributed by atoms with Crippen LogP contribution in [0.5, 0.6) is 0 Å². The van der Waals surface area contributed by atoms with Gasteiger partial charge in [0.05, 0.1) is 0 Å². The number of hydrogen-bond acceptors (Lipinski definition) is 2. The van der Waals surface area contributed by atoms with E-state index in [1.165, 1.54) is 6.07 Å². The third-order valence-electron chi connectivity index (χ3n) is 1.77. The zero-order valence-corrected chi connectivity index (χ0v) is 8.35. The van der Waals surface area contributed by atoms with Gasteiger partial charge in [-0.05, 0) is 19.1 Å². The Morgan fingerprint density at radius 1 is 1.50 bits per heavy atom. The number of aryl methyl sites for hydroxylation is 1. The van der Waals surface area contributed by atoms with E-state index in [4.69, 9.17) is 16.7 Å². The van der Waals surface area contributed by atoms with Crippen LogP contribution in [0.15, 0.2) is 12.1 Å². The van der Waals surface area contributed by atoms with Crippen LogP contribution in [0.2, 0.25) is 5.15 Å². The highest BCUT2D eigenvalue weighted by Gasteiger charge is 2.31. The summed E-state index contributed by atoms with van der Waals surface area (Å²) < 4.78 is 26.5. The Hall–Kier alpha value is -0.740. The van der Waals surface area contributed by atoms with Crippen molar-refractivity contribution in [3.05, 3.63) is 28.5 Å². The Bertz CT molecular complexity index is 310. The van der Waals surface area contributed by atoms with Crippen molar-refractivity contribution in [1.29, 1.82) is 0 Å². The molecule has 0 fully saturated rings. The average Bonchev–Trinajstić information content (AvgIpc) is 2.02. The van der Waals surface area contributed by atoms with Crippen molar-refractivity contribution in [3.63, 3.8) is 0 Å². The minimum atomic E-state index is -3.05. The molecule has 5 heteroatoms. The first-order chi connectivity index (χ1) is 6.45. The summed E-state index contributed by atoms with van der Waals surface area (Å²) in [5, 5.41) is 8.51. The van der Waals surface area contributed by atoms with E-state index in [0.29, 0.717) is 5.69 Å². The van der Waals surface area contributed by atoms with Crippen LogP contribution < -0.4 is 0 Å². The molecule has 0 atom stereocenters. The zero-order chi connectivity index (χ0) is 10.8. The van der Waals surface area contributed by atoms with Crippen LogP contribution in [0.25, 0.3) is 0 Å². The Balaban J connectivity index is 3.05. The normalized spacial score (nSPS) is 11.8. The quantitative estimate of drug-likeness (QED) is 0.796. The van der Waals surface area contributed by atoms with E-state index >= 15 is 0 Å². The predicted molar refractivity (Wildman–Crippen MR) is 49.6 cm³/mol. The molecule has 0 amide bonds. The topological polar surface area (TPSA) is 33.1 Å². The second-order valence-corrected chi connectivity index (χ2v) is 3.39. The van der Waals surface area contributed by atoms with Gasteiger partial charge in [-0.3, -0.25) is 0 Å². The van der Waals surface area contributed by atoms with E-state index < -0.39 is 19.0 Å². The van der Waals surface area contributed by atoms with Gasteiger partial charge in [0.15, 0.2) is 0 Å². The summed E-state index contributed by atoms with van der Waals surface area (Å²) in [4.78, 5) is 3.78. The fraction of sp³-hybridized carbons (Fsp3) is 0.444. The van der Waals surface area contributed by atoms with Gasteiger partial charge in [0, 0.05) is 24.3 Å². The smallest absolute Gasteiger partial charge is 0.275 e. The lowest BCUT2D eigenvalue weighted by Crippen LogP contribution is -2.15. The molecule has 2 nitrogen and oxygen atoms in total. The highest BCUT2D eigenvalue weighted by molar-refractivity contribution is 6.29. The maximum Gasteiger partial charge on any atom is 0.275 e. The molecule has 0 aliphatic carbocycles. The monoisotopic (exact) mass is 221 g/mol. The van der Waals surface area contributed by atoms with Crippen LogP contribution in [0.1, 0.15) is 17.7 Å². The molecule has 14 heavy (non-hydrogen) atoms. The Kier molecular flexibility index (Phi) is 3.39. The molecular weight excluding hydrogens is 212 g/mol. The Labute approximate surface area is 85.5 Å². The molecule has 1 aromatic rings. The van der Waals surface area contributed by atoms with E-state index in [9.17, 15) is 8.78 Å². The summed E-state index contributed by atoms with van der Waals surface area (Å²) >= 11 is 5.55. The van der Waals surface area contributed by atoms with Crippen molar-refractivity contribution in [3.8, 4) is 0 Å². The second-order valence-electron chi connectivity index (χ2n) is 3.00. The summed E-state index contributed by atoms with van der Waals surface area (Å²) in [6.45, 7) is 1.02. The fourth-order valence-electron chi connectivity index (χ4n) is 1.12. The number of pyridine rings is 1. The molecule has 0 saturated heterocycles. The minimum absolute atomic E-state index is 0.0395. The number of aliphatic hydroxyl groups excluding tert-OH is 1. The lowest BCUT2D eigenvalue weighted by atomic mass is 10.1. The molecule has 0 aromatic carbocycles. The zero-order valence-electron chi connectivity index (χ0n) is 7.60. The summed E-state index contributed by atoms with van der Waals surface area (Å²) in [5.74, 6) is -3.05. The van der Waals surface area contributed by atoms with Crippen molar-refractivity contribution in [1.82, 2.24) is 4.98 Å². The third-order valence-corrected chi connectivity index (χ3v) is 1.96. The van der Waals surface area contributed by atoms with Gasteiger partial charge in [0.25, 0.3) is 5.92 Å². The largest absolute Gasteiger partial charge is 0.396 e. The van der Waals surface area contributed by atoms with Gasteiger partial charge in [-0.15, -0.1) is 0 Å². The maximum atomic E-state index is 13.3. The number of aliphatic hydroxyl groups is 1. The van der Waals surface area contributed by atoms with Gasteiger partial charge in [-0.25, -0.2) is 13.8 Å². The van der Waals surface area contributed by atoms with Crippen molar-refractivity contribution in [2.24, 2.45) is 0 Å². The molecule has 78 valence electrons. The van der Waals surface area contributed by atoms with Crippen LogP contribution in [0.4, 0.5) is 8.78 Å². The van der Waals surface area contributed by atoms with Gasteiger partial charge in [-0.2, -0.15) is 0 Å². The van der Waals surface area contributed by atoms with Gasteiger partial charge in [-0.1, -0.05) is 11.6 Å². The summed E-state index contributed by atoms with van der Waals surface area (Å²) in [5.41, 5.74) is 0.231. The number of alkyl halides is 2. The van der Waals surface area contributed by atoms with Gasteiger partial charge in [0.2, 0.25) is 0 Å². The SMILES string of the molecule is Cc1cc(C(F)(F)CCO)cc(Cl)n1. The van der Waals surface area contributed by atoms with Gasteiger partial charge < -0.3 is 5.11 Å². The Morgan fingerprint density at radius 2 is 2.14 bits per heavy atom. The van der Waals surface area contributed by atoms with Crippen molar-refractivity contribution in [2.75, 3.05) is 6.61 Å². The molecule has 0 unspecified atom stereocenters. The van der Waals surface area contributed by atoms with Gasteiger partial charge >= 0.3 is 0 Å². The van der Waals surface area contributed by atoms with Crippen molar-refractivity contribution < 1.29 is 13.9 Å². The molecule has 0 aliphatic heterocycles. The van der Waals surface area contributed by atoms with Crippen molar-refractivity contribution >= 4 is 11.6 Å². The molecule has 0 bridgehead atoms. The van der Waals surface area contributed by atoms with E-state index in [1.54, 1.807) is 6.92 Å². The lowest BCUT2D eigenvalue weighted by molar-refractivity contribution is -0.0270. The molecule has 0 saturated carbocycles. The first-order valence-corrected chi connectivity index (χ1v) is 4.47. The number of rotatable bonds is 3. The van der Waals surface area contributed by atoms with Crippen LogP contribution in [0, 0.1) is 6.92 Å². The molecule has 0 aliphatic rings. The van der Waals surface area contributed by atoms with Crippen LogP contribution in [-0.2, 0) is 5.92 Å². The van der Waals surface area contributed by atoms with E-state index in [2.05, 4.69) is 4.98 Å². The Morgan fingerprint density at radius 3 is 2.64 bits per heavy atom. The summed E-state index contributed by atoms with van der Waals surface area (Å²) in [6, 6.07) is 2.38.